The monoisotopic (exact) mass is 533 g/mol. The lowest BCUT2D eigenvalue weighted by molar-refractivity contribution is -0.00397. The zero-order valence-corrected chi connectivity index (χ0v) is 22.5. The molecule has 204 valence electrons. The van der Waals surface area contributed by atoms with Crippen LogP contribution in [0, 0.1) is 23.7 Å². The van der Waals surface area contributed by atoms with Crippen LogP contribution in [0.25, 0.3) is 0 Å². The van der Waals surface area contributed by atoms with E-state index < -0.39 is 0 Å². The van der Waals surface area contributed by atoms with Crippen molar-refractivity contribution >= 4 is 17.1 Å². The average molecular weight is 534 g/mol. The lowest BCUT2D eigenvalue weighted by Gasteiger charge is -2.54. The third-order valence-electron chi connectivity index (χ3n) is 8.90. The Bertz CT molecular complexity index is 1450. The van der Waals surface area contributed by atoms with Crippen molar-refractivity contribution in [1.82, 2.24) is 0 Å². The molecule has 4 saturated carbocycles. The van der Waals surface area contributed by atoms with E-state index in [1.165, 1.54) is 32.1 Å². The van der Waals surface area contributed by atoms with Crippen LogP contribution in [-0.2, 0) is 0 Å². The Morgan fingerprint density at radius 3 is 1.32 bits per heavy atom. The molecule has 0 heterocycles. The number of nitrogens with two attached hydrogens (primary N) is 3. The van der Waals surface area contributed by atoms with Gasteiger partial charge in [-0.1, -0.05) is 18.2 Å². The van der Waals surface area contributed by atoms with Crippen molar-refractivity contribution in [2.24, 2.45) is 23.7 Å². The zero-order valence-electron chi connectivity index (χ0n) is 22.5. The van der Waals surface area contributed by atoms with Crippen LogP contribution >= 0.6 is 0 Å². The van der Waals surface area contributed by atoms with Gasteiger partial charge in [-0.3, -0.25) is 0 Å². The third kappa shape index (κ3) is 4.90. The fourth-order valence-electron chi connectivity index (χ4n) is 7.65. The van der Waals surface area contributed by atoms with E-state index in [0.717, 1.165) is 28.9 Å². The Morgan fingerprint density at radius 2 is 0.900 bits per heavy atom. The Hall–Kier alpha value is -4.32. The third-order valence-corrected chi connectivity index (χ3v) is 8.90. The molecule has 4 fully saturated rings. The summed E-state index contributed by atoms with van der Waals surface area (Å²) in [6.45, 7) is 0. The van der Waals surface area contributed by atoms with E-state index in [2.05, 4.69) is 0 Å². The standard InChI is InChI=1S/C34H35N3O3/c35-24-4-1-7-27(15-24)38-30-18-31(39-28-8-2-5-25(36)16-28)34(32(19-30)40-29-9-3-6-26(37)17-29)33-22-11-20-10-21(13-22)14-23(33)12-20/h1-9,15-23,33H,10-14,35-37H2. The van der Waals surface area contributed by atoms with E-state index >= 15 is 0 Å². The van der Waals surface area contributed by atoms with Gasteiger partial charge in [0.25, 0.3) is 0 Å². The molecule has 0 aromatic heterocycles. The molecule has 0 unspecified atom stereocenters. The van der Waals surface area contributed by atoms with Gasteiger partial charge in [-0.2, -0.15) is 0 Å². The summed E-state index contributed by atoms with van der Waals surface area (Å²) in [4.78, 5) is 0. The molecule has 4 aromatic rings. The molecule has 0 radical (unpaired) electrons. The minimum Gasteiger partial charge on any atom is -0.457 e. The SMILES string of the molecule is Nc1cccc(Oc2cc(Oc3cccc(N)c3)c(C3C4CC5CC(C4)CC3C5)c(Oc3cccc(N)c3)c2)c1. The summed E-state index contributed by atoms with van der Waals surface area (Å²) in [5.41, 5.74) is 21.3. The highest BCUT2D eigenvalue weighted by Crippen LogP contribution is 2.62. The van der Waals surface area contributed by atoms with Gasteiger partial charge in [0.2, 0.25) is 0 Å². The van der Waals surface area contributed by atoms with Crippen LogP contribution in [0.2, 0.25) is 0 Å². The van der Waals surface area contributed by atoms with Gasteiger partial charge >= 0.3 is 0 Å². The maximum atomic E-state index is 6.66. The first-order valence-electron chi connectivity index (χ1n) is 14.2. The van der Waals surface area contributed by atoms with Gasteiger partial charge in [-0.25, -0.2) is 0 Å². The molecule has 0 atom stereocenters. The van der Waals surface area contributed by atoms with Crippen LogP contribution in [0.1, 0.15) is 43.6 Å². The van der Waals surface area contributed by atoms with Crippen molar-refractivity contribution < 1.29 is 14.2 Å². The predicted octanol–water partition coefficient (Wildman–Crippen LogP) is 8.35. The molecular formula is C34H35N3O3. The highest BCUT2D eigenvalue weighted by atomic mass is 16.5. The van der Waals surface area contributed by atoms with Crippen LogP contribution in [0.4, 0.5) is 17.1 Å². The number of nitrogen functional groups attached to an aromatic ring is 3. The summed E-state index contributed by atoms with van der Waals surface area (Å²) in [5.74, 6) is 7.37. The lowest BCUT2D eigenvalue weighted by atomic mass is 9.50. The fraction of sp³-hybridized carbons (Fsp3) is 0.294. The minimum atomic E-state index is 0.348. The Kier molecular flexibility index (Phi) is 6.18. The van der Waals surface area contributed by atoms with Crippen molar-refractivity contribution in [2.75, 3.05) is 17.2 Å². The van der Waals surface area contributed by atoms with Gasteiger partial charge in [0.05, 0.1) is 0 Å². The van der Waals surface area contributed by atoms with Gasteiger partial charge in [0.1, 0.15) is 34.5 Å². The molecular weight excluding hydrogens is 498 g/mol. The second-order valence-corrected chi connectivity index (χ2v) is 11.8. The number of anilines is 3. The molecule has 40 heavy (non-hydrogen) atoms. The Labute approximate surface area is 235 Å². The molecule has 8 rings (SSSR count). The fourth-order valence-corrected chi connectivity index (χ4v) is 7.65. The van der Waals surface area contributed by atoms with E-state index in [9.17, 15) is 0 Å². The minimum absolute atomic E-state index is 0.348. The molecule has 0 amide bonds. The van der Waals surface area contributed by atoms with E-state index in [1.54, 1.807) is 0 Å². The average Bonchev–Trinajstić information content (AvgIpc) is 2.89. The second-order valence-electron chi connectivity index (χ2n) is 11.8. The molecule has 0 saturated heterocycles. The highest BCUT2D eigenvalue weighted by molar-refractivity contribution is 5.58. The summed E-state index contributed by atoms with van der Waals surface area (Å²) in [6.07, 6.45) is 6.48. The van der Waals surface area contributed by atoms with E-state index in [-0.39, 0.29) is 0 Å². The Morgan fingerprint density at radius 1 is 0.475 bits per heavy atom. The summed E-state index contributed by atoms with van der Waals surface area (Å²) in [5, 5.41) is 0. The number of hydrogen-bond donors (Lipinski definition) is 3. The predicted molar refractivity (Wildman–Crippen MR) is 159 cm³/mol. The van der Waals surface area contributed by atoms with Crippen molar-refractivity contribution in [2.45, 2.75) is 38.0 Å². The molecule has 6 nitrogen and oxygen atoms in total. The van der Waals surface area contributed by atoms with Gasteiger partial charge in [0, 0.05) is 53.0 Å². The summed E-state index contributed by atoms with van der Waals surface area (Å²) in [7, 11) is 0. The number of rotatable bonds is 7. The number of benzene rings is 4. The molecule has 6 N–H and O–H groups in total. The normalized spacial score (nSPS) is 24.6. The molecule has 0 spiro atoms. The highest BCUT2D eigenvalue weighted by Gasteiger charge is 2.50. The first-order chi connectivity index (χ1) is 19.5. The molecule has 4 bridgehead atoms. The molecule has 0 aliphatic heterocycles. The quantitative estimate of drug-likeness (QED) is 0.206. The maximum Gasteiger partial charge on any atom is 0.138 e. The van der Waals surface area contributed by atoms with Crippen molar-refractivity contribution in [3.8, 4) is 34.5 Å². The lowest BCUT2D eigenvalue weighted by Crippen LogP contribution is -2.43. The van der Waals surface area contributed by atoms with Crippen LogP contribution in [-0.4, -0.2) is 0 Å². The maximum absolute atomic E-state index is 6.66. The van der Waals surface area contributed by atoms with Gasteiger partial charge in [-0.15, -0.1) is 0 Å². The zero-order chi connectivity index (χ0) is 27.2. The van der Waals surface area contributed by atoms with E-state index in [0.29, 0.717) is 57.8 Å². The first-order valence-corrected chi connectivity index (χ1v) is 14.2. The molecule has 4 aromatic carbocycles. The summed E-state index contributed by atoms with van der Waals surface area (Å²) >= 11 is 0. The summed E-state index contributed by atoms with van der Waals surface area (Å²) < 4.78 is 19.7. The van der Waals surface area contributed by atoms with E-state index in [1.807, 2.05) is 84.9 Å². The molecule has 6 heteroatoms. The second kappa shape index (κ2) is 10.0. The van der Waals surface area contributed by atoms with Crippen molar-refractivity contribution in [3.63, 3.8) is 0 Å². The van der Waals surface area contributed by atoms with Crippen LogP contribution in [0.3, 0.4) is 0 Å². The largest absolute Gasteiger partial charge is 0.457 e. The number of ether oxygens (including phenoxy) is 3. The molecule has 4 aliphatic rings. The Balaban J connectivity index is 1.38. The smallest absolute Gasteiger partial charge is 0.138 e. The van der Waals surface area contributed by atoms with Gasteiger partial charge in [0.15, 0.2) is 0 Å². The van der Waals surface area contributed by atoms with E-state index in [4.69, 9.17) is 31.4 Å². The molecule has 4 aliphatic carbocycles. The van der Waals surface area contributed by atoms with Crippen LogP contribution < -0.4 is 31.4 Å². The topological polar surface area (TPSA) is 106 Å². The van der Waals surface area contributed by atoms with Crippen LogP contribution in [0.15, 0.2) is 84.9 Å². The van der Waals surface area contributed by atoms with Crippen molar-refractivity contribution in [1.29, 1.82) is 0 Å². The first kappa shape index (κ1) is 24.7. The number of hydrogen-bond acceptors (Lipinski definition) is 6. The van der Waals surface area contributed by atoms with Gasteiger partial charge in [-0.05, 0) is 98.1 Å². The van der Waals surface area contributed by atoms with Gasteiger partial charge < -0.3 is 31.4 Å². The van der Waals surface area contributed by atoms with Crippen LogP contribution in [0.5, 0.6) is 34.5 Å². The summed E-state index contributed by atoms with van der Waals surface area (Å²) in [6, 6.07) is 26.5. The van der Waals surface area contributed by atoms with Crippen molar-refractivity contribution in [3.05, 3.63) is 90.5 Å².